The van der Waals surface area contributed by atoms with Gasteiger partial charge in [0.1, 0.15) is 0 Å². The van der Waals surface area contributed by atoms with Crippen molar-refractivity contribution in [1.29, 1.82) is 0 Å². The third-order valence-corrected chi connectivity index (χ3v) is 0.816. The first-order valence-corrected chi connectivity index (χ1v) is 3.25. The zero-order valence-corrected chi connectivity index (χ0v) is 6.14. The van der Waals surface area contributed by atoms with E-state index in [2.05, 4.69) is 12.4 Å². The lowest BCUT2D eigenvalue weighted by Crippen LogP contribution is -2.19. The highest BCUT2D eigenvalue weighted by Gasteiger charge is 1.82. The van der Waals surface area contributed by atoms with Crippen LogP contribution >= 0.6 is 0 Å². The Bertz CT molecular complexity index is 44.3. The van der Waals surface area contributed by atoms with Gasteiger partial charge in [-0.15, -0.1) is 0 Å². The number of nitrogens with one attached hydrogen (secondary N) is 1. The first kappa shape index (κ1) is 8.88. The van der Waals surface area contributed by atoms with Crippen molar-refractivity contribution in [2.75, 3.05) is 26.9 Å². The fourth-order valence-electron chi connectivity index (χ4n) is 0.390. The highest BCUT2D eigenvalue weighted by atomic mass is 16.6. The van der Waals surface area contributed by atoms with Gasteiger partial charge < -0.3 is 9.57 Å². The van der Waals surface area contributed by atoms with Gasteiger partial charge in [-0.05, 0) is 6.42 Å². The Kier molecular flexibility index (Phi) is 7.77. The van der Waals surface area contributed by atoms with Gasteiger partial charge in [-0.2, -0.15) is 0 Å². The minimum Gasteiger partial charge on any atom is -0.383 e. The average molecular weight is 133 g/mol. The lowest BCUT2D eigenvalue weighted by atomic mass is 10.5. The minimum absolute atomic E-state index is 0.698. The smallest absolute Gasteiger partial charge is 0.0679 e. The summed E-state index contributed by atoms with van der Waals surface area (Å²) in [5, 5.41) is 0. The standard InChI is InChI=1S/C6H15NO2/c1-3-5-9-7-4-6-8-2/h7H,3-6H2,1-2H3. The van der Waals surface area contributed by atoms with Crippen LogP contribution in [0.25, 0.3) is 0 Å². The van der Waals surface area contributed by atoms with E-state index in [0.29, 0.717) is 6.61 Å². The third kappa shape index (κ3) is 7.88. The zero-order chi connectivity index (χ0) is 6.95. The molecule has 3 nitrogen and oxygen atoms in total. The first-order valence-electron chi connectivity index (χ1n) is 3.25. The van der Waals surface area contributed by atoms with Crippen LogP contribution in [0, 0.1) is 0 Å². The molecule has 56 valence electrons. The number of hydrogen-bond donors (Lipinski definition) is 1. The summed E-state index contributed by atoms with van der Waals surface area (Å²) < 4.78 is 4.78. The molecular formula is C6H15NO2. The Labute approximate surface area is 56.3 Å². The van der Waals surface area contributed by atoms with E-state index in [1.807, 2.05) is 0 Å². The van der Waals surface area contributed by atoms with Gasteiger partial charge in [0.2, 0.25) is 0 Å². The van der Waals surface area contributed by atoms with Crippen molar-refractivity contribution >= 4 is 0 Å². The van der Waals surface area contributed by atoms with Crippen molar-refractivity contribution in [2.24, 2.45) is 0 Å². The molecular weight excluding hydrogens is 118 g/mol. The highest BCUT2D eigenvalue weighted by molar-refractivity contribution is 4.29. The molecule has 0 saturated heterocycles. The molecule has 0 aromatic rings. The molecule has 0 saturated carbocycles. The summed E-state index contributed by atoms with van der Waals surface area (Å²) in [5.74, 6) is 0. The fraction of sp³-hybridized carbons (Fsp3) is 1.00. The van der Waals surface area contributed by atoms with Crippen LogP contribution in [0.1, 0.15) is 13.3 Å². The highest BCUT2D eigenvalue weighted by Crippen LogP contribution is 1.73. The number of rotatable bonds is 6. The van der Waals surface area contributed by atoms with Crippen molar-refractivity contribution in [3.63, 3.8) is 0 Å². The van der Waals surface area contributed by atoms with Gasteiger partial charge in [0.25, 0.3) is 0 Å². The first-order chi connectivity index (χ1) is 4.41. The van der Waals surface area contributed by atoms with Crippen LogP contribution in [0.3, 0.4) is 0 Å². The predicted octanol–water partition coefficient (Wildman–Crippen LogP) is 0.564. The molecule has 0 aromatic carbocycles. The molecule has 0 spiro atoms. The molecule has 0 amide bonds. The summed E-state index contributed by atoms with van der Waals surface area (Å²) in [6, 6.07) is 0. The topological polar surface area (TPSA) is 30.5 Å². The predicted molar refractivity (Wildman–Crippen MR) is 36.1 cm³/mol. The summed E-state index contributed by atoms with van der Waals surface area (Å²) >= 11 is 0. The Morgan fingerprint density at radius 2 is 2.11 bits per heavy atom. The maximum Gasteiger partial charge on any atom is 0.0679 e. The van der Waals surface area contributed by atoms with Crippen LogP contribution in [0.5, 0.6) is 0 Å². The van der Waals surface area contributed by atoms with Crippen molar-refractivity contribution in [3.8, 4) is 0 Å². The zero-order valence-electron chi connectivity index (χ0n) is 6.14. The Morgan fingerprint density at radius 1 is 1.33 bits per heavy atom. The van der Waals surface area contributed by atoms with E-state index in [9.17, 15) is 0 Å². The van der Waals surface area contributed by atoms with Gasteiger partial charge >= 0.3 is 0 Å². The molecule has 0 heterocycles. The Hall–Kier alpha value is -0.120. The van der Waals surface area contributed by atoms with E-state index in [-0.39, 0.29) is 0 Å². The summed E-state index contributed by atoms with van der Waals surface area (Å²) in [6.07, 6.45) is 1.04. The van der Waals surface area contributed by atoms with Crippen molar-refractivity contribution in [3.05, 3.63) is 0 Å². The molecule has 0 aliphatic heterocycles. The minimum atomic E-state index is 0.698. The largest absolute Gasteiger partial charge is 0.383 e. The molecule has 0 aromatic heterocycles. The van der Waals surface area contributed by atoms with Crippen LogP contribution in [0.15, 0.2) is 0 Å². The number of ether oxygens (including phenoxy) is 1. The number of hydroxylamine groups is 1. The molecule has 0 fully saturated rings. The lowest BCUT2D eigenvalue weighted by Gasteiger charge is -2.01. The maximum atomic E-state index is 4.95. The van der Waals surface area contributed by atoms with Gasteiger partial charge in [-0.1, -0.05) is 6.92 Å². The second-order valence-electron chi connectivity index (χ2n) is 1.74. The van der Waals surface area contributed by atoms with E-state index in [4.69, 9.17) is 9.57 Å². The summed E-state index contributed by atoms with van der Waals surface area (Å²) in [7, 11) is 1.67. The number of hydrogen-bond acceptors (Lipinski definition) is 3. The van der Waals surface area contributed by atoms with Gasteiger partial charge in [-0.25, -0.2) is 5.48 Å². The maximum absolute atomic E-state index is 4.95. The molecule has 0 radical (unpaired) electrons. The molecule has 0 aliphatic rings. The normalized spacial score (nSPS) is 10.0. The van der Waals surface area contributed by atoms with Crippen molar-refractivity contribution in [1.82, 2.24) is 5.48 Å². The summed E-state index contributed by atoms with van der Waals surface area (Å²) in [6.45, 7) is 4.29. The molecule has 0 unspecified atom stereocenters. The average Bonchev–Trinajstić information content (AvgIpc) is 1.89. The summed E-state index contributed by atoms with van der Waals surface area (Å²) in [4.78, 5) is 4.95. The quantitative estimate of drug-likeness (QED) is 0.424. The Balaban J connectivity index is 2.60. The molecule has 9 heavy (non-hydrogen) atoms. The van der Waals surface area contributed by atoms with E-state index in [0.717, 1.165) is 19.6 Å². The fourth-order valence-corrected chi connectivity index (χ4v) is 0.390. The SMILES string of the molecule is CCCONCCOC. The second kappa shape index (κ2) is 7.88. The van der Waals surface area contributed by atoms with E-state index in [1.165, 1.54) is 0 Å². The summed E-state index contributed by atoms with van der Waals surface area (Å²) in [5.41, 5.74) is 2.76. The third-order valence-electron chi connectivity index (χ3n) is 0.816. The van der Waals surface area contributed by atoms with E-state index in [1.54, 1.807) is 7.11 Å². The van der Waals surface area contributed by atoms with Crippen LogP contribution in [-0.4, -0.2) is 26.9 Å². The van der Waals surface area contributed by atoms with Crippen molar-refractivity contribution < 1.29 is 9.57 Å². The van der Waals surface area contributed by atoms with Crippen molar-refractivity contribution in [2.45, 2.75) is 13.3 Å². The Morgan fingerprint density at radius 3 is 2.67 bits per heavy atom. The van der Waals surface area contributed by atoms with Gasteiger partial charge in [-0.3, -0.25) is 0 Å². The van der Waals surface area contributed by atoms with Crippen LogP contribution < -0.4 is 5.48 Å². The molecule has 3 heteroatoms. The van der Waals surface area contributed by atoms with Crippen LogP contribution in [-0.2, 0) is 9.57 Å². The lowest BCUT2D eigenvalue weighted by molar-refractivity contribution is 0.0274. The molecule has 1 N–H and O–H groups in total. The molecule has 0 aliphatic carbocycles. The van der Waals surface area contributed by atoms with Crippen LogP contribution in [0.4, 0.5) is 0 Å². The van der Waals surface area contributed by atoms with Gasteiger partial charge in [0.05, 0.1) is 13.2 Å². The van der Waals surface area contributed by atoms with Gasteiger partial charge in [0.15, 0.2) is 0 Å². The molecule has 0 rings (SSSR count). The van der Waals surface area contributed by atoms with E-state index < -0.39 is 0 Å². The monoisotopic (exact) mass is 133 g/mol. The van der Waals surface area contributed by atoms with Gasteiger partial charge in [0, 0.05) is 13.7 Å². The number of methoxy groups -OCH3 is 1. The molecule has 0 atom stereocenters. The van der Waals surface area contributed by atoms with E-state index >= 15 is 0 Å². The van der Waals surface area contributed by atoms with Crippen LogP contribution in [0.2, 0.25) is 0 Å². The second-order valence-corrected chi connectivity index (χ2v) is 1.74. The molecule has 0 bridgehead atoms.